The monoisotopic (exact) mass is 133 g/mol. The van der Waals surface area contributed by atoms with E-state index in [1.165, 1.54) is 0 Å². The lowest BCUT2D eigenvalue weighted by molar-refractivity contribution is 0.348. The summed E-state index contributed by atoms with van der Waals surface area (Å²) in [7, 11) is 0. The highest BCUT2D eigenvalue weighted by atomic mass is 32.2. The van der Waals surface area contributed by atoms with Gasteiger partial charge >= 0.3 is 0 Å². The maximum absolute atomic E-state index is 10.5. The topological polar surface area (TPSA) is 26.3 Å². The molecule has 1 radical (unpaired) electrons. The van der Waals surface area contributed by atoms with Gasteiger partial charge in [-0.05, 0) is 19.3 Å². The Kier molecular flexibility index (Phi) is 2.49. The van der Waals surface area contributed by atoms with E-state index in [1.54, 1.807) is 0 Å². The first kappa shape index (κ1) is 6.23. The zero-order chi connectivity index (χ0) is 5.82. The Morgan fingerprint density at radius 3 is 3.38 bits per heavy atom. The standard InChI is InChI=1S/C5H9O2S/c6-8-5-3-1-2-4-7-8/h3H,1-2,4-5H2. The van der Waals surface area contributed by atoms with Crippen molar-refractivity contribution < 1.29 is 8.39 Å². The Morgan fingerprint density at radius 2 is 2.50 bits per heavy atom. The molecule has 1 rings (SSSR count). The van der Waals surface area contributed by atoms with Crippen LogP contribution in [0.5, 0.6) is 0 Å². The Morgan fingerprint density at radius 1 is 1.62 bits per heavy atom. The minimum atomic E-state index is -1.01. The summed E-state index contributed by atoms with van der Waals surface area (Å²) >= 11 is -1.01. The van der Waals surface area contributed by atoms with E-state index in [4.69, 9.17) is 4.18 Å². The average Bonchev–Trinajstić information content (AvgIpc) is 1.94. The molecule has 0 aromatic rings. The smallest absolute Gasteiger partial charge is 0.155 e. The van der Waals surface area contributed by atoms with Gasteiger partial charge in [0.25, 0.3) is 0 Å². The molecule has 0 aliphatic carbocycles. The van der Waals surface area contributed by atoms with Gasteiger partial charge in [-0.2, -0.15) is 0 Å². The van der Waals surface area contributed by atoms with Crippen molar-refractivity contribution in [2.45, 2.75) is 12.8 Å². The molecule has 0 amide bonds. The summed E-state index contributed by atoms with van der Waals surface area (Å²) in [5, 5.41) is 0. The van der Waals surface area contributed by atoms with Crippen LogP contribution in [0.4, 0.5) is 0 Å². The Balaban J connectivity index is 2.27. The molecule has 0 aromatic heterocycles. The number of rotatable bonds is 0. The molecular weight excluding hydrogens is 124 g/mol. The van der Waals surface area contributed by atoms with Crippen molar-refractivity contribution in [3.63, 3.8) is 0 Å². The predicted molar refractivity (Wildman–Crippen MR) is 32.5 cm³/mol. The summed E-state index contributed by atoms with van der Waals surface area (Å²) in [6.45, 7) is 0.656. The molecule has 3 heteroatoms. The third-order valence-corrected chi connectivity index (χ3v) is 1.96. The van der Waals surface area contributed by atoms with Gasteiger partial charge in [-0.1, -0.05) is 0 Å². The molecule has 1 unspecified atom stereocenters. The lowest BCUT2D eigenvalue weighted by atomic mass is 10.3. The van der Waals surface area contributed by atoms with E-state index in [1.807, 2.05) is 6.42 Å². The van der Waals surface area contributed by atoms with Crippen LogP contribution in [-0.2, 0) is 15.3 Å². The Labute approximate surface area is 51.9 Å². The maximum atomic E-state index is 10.5. The van der Waals surface area contributed by atoms with Crippen LogP contribution >= 0.6 is 0 Å². The van der Waals surface area contributed by atoms with E-state index in [0.29, 0.717) is 12.4 Å². The molecule has 1 aliphatic heterocycles. The predicted octanol–water partition coefficient (Wildman–Crippen LogP) is 0.665. The third kappa shape index (κ3) is 1.92. The number of hydrogen-bond donors (Lipinski definition) is 0. The minimum Gasteiger partial charge on any atom is -0.291 e. The van der Waals surface area contributed by atoms with Crippen molar-refractivity contribution in [3.8, 4) is 0 Å². The van der Waals surface area contributed by atoms with Crippen LogP contribution in [0.25, 0.3) is 0 Å². The first-order valence-electron chi connectivity index (χ1n) is 2.73. The molecule has 1 aliphatic rings. The molecule has 1 fully saturated rings. The second-order valence-electron chi connectivity index (χ2n) is 1.72. The second-order valence-corrected chi connectivity index (χ2v) is 2.90. The van der Waals surface area contributed by atoms with Gasteiger partial charge in [0.05, 0.1) is 12.4 Å². The second kappa shape index (κ2) is 3.20. The normalized spacial score (nSPS) is 31.8. The summed E-state index contributed by atoms with van der Waals surface area (Å²) in [6.07, 6.45) is 4.08. The summed E-state index contributed by atoms with van der Waals surface area (Å²) in [5.41, 5.74) is 0. The van der Waals surface area contributed by atoms with Crippen molar-refractivity contribution in [1.29, 1.82) is 0 Å². The van der Waals surface area contributed by atoms with Gasteiger partial charge in [-0.25, -0.2) is 4.21 Å². The summed E-state index contributed by atoms with van der Waals surface area (Å²) < 4.78 is 15.4. The summed E-state index contributed by atoms with van der Waals surface area (Å²) in [4.78, 5) is 0. The SMILES string of the molecule is O=S1C[CH]CCCO1. The highest BCUT2D eigenvalue weighted by molar-refractivity contribution is 7.80. The van der Waals surface area contributed by atoms with Crippen molar-refractivity contribution in [2.24, 2.45) is 0 Å². The Hall–Kier alpha value is 0.110. The highest BCUT2D eigenvalue weighted by Gasteiger charge is 2.04. The lowest BCUT2D eigenvalue weighted by Crippen LogP contribution is -1.97. The van der Waals surface area contributed by atoms with Crippen LogP contribution in [0, 0.1) is 6.42 Å². The summed E-state index contributed by atoms with van der Waals surface area (Å²) in [6, 6.07) is 0. The van der Waals surface area contributed by atoms with Crippen LogP contribution in [0.3, 0.4) is 0 Å². The maximum Gasteiger partial charge on any atom is 0.155 e. The van der Waals surface area contributed by atoms with Crippen LogP contribution in [0.1, 0.15) is 12.8 Å². The van der Waals surface area contributed by atoms with Crippen LogP contribution in [0.15, 0.2) is 0 Å². The molecule has 47 valence electrons. The highest BCUT2D eigenvalue weighted by Crippen LogP contribution is 2.03. The molecule has 1 saturated heterocycles. The number of hydrogen-bond acceptors (Lipinski definition) is 2. The molecule has 0 bridgehead atoms. The molecular formula is C5H9O2S. The fraction of sp³-hybridized carbons (Fsp3) is 0.800. The molecule has 2 nitrogen and oxygen atoms in total. The van der Waals surface area contributed by atoms with E-state index in [0.717, 1.165) is 12.8 Å². The van der Waals surface area contributed by atoms with Crippen molar-refractivity contribution in [3.05, 3.63) is 6.42 Å². The Bertz CT molecular complexity index is 82.4. The quantitative estimate of drug-likeness (QED) is 0.485. The van der Waals surface area contributed by atoms with E-state index in [2.05, 4.69) is 0 Å². The molecule has 0 N–H and O–H groups in total. The van der Waals surface area contributed by atoms with Gasteiger partial charge in [-0.15, -0.1) is 0 Å². The van der Waals surface area contributed by atoms with Crippen molar-refractivity contribution in [1.82, 2.24) is 0 Å². The zero-order valence-electron chi connectivity index (χ0n) is 4.63. The van der Waals surface area contributed by atoms with Crippen LogP contribution in [0.2, 0.25) is 0 Å². The van der Waals surface area contributed by atoms with E-state index in [9.17, 15) is 4.21 Å². The molecule has 1 heterocycles. The zero-order valence-corrected chi connectivity index (χ0v) is 5.45. The molecule has 1 atom stereocenters. The largest absolute Gasteiger partial charge is 0.291 e. The lowest BCUT2D eigenvalue weighted by Gasteiger charge is -1.91. The van der Waals surface area contributed by atoms with E-state index < -0.39 is 11.1 Å². The van der Waals surface area contributed by atoms with Gasteiger partial charge in [0.1, 0.15) is 0 Å². The molecule has 0 aromatic carbocycles. The van der Waals surface area contributed by atoms with Gasteiger partial charge in [0.15, 0.2) is 11.1 Å². The third-order valence-electron chi connectivity index (χ3n) is 1.02. The molecule has 8 heavy (non-hydrogen) atoms. The molecule has 0 saturated carbocycles. The fourth-order valence-electron chi connectivity index (χ4n) is 0.607. The van der Waals surface area contributed by atoms with Gasteiger partial charge in [0, 0.05) is 0 Å². The van der Waals surface area contributed by atoms with Crippen molar-refractivity contribution >= 4 is 11.1 Å². The van der Waals surface area contributed by atoms with Gasteiger partial charge < -0.3 is 0 Å². The van der Waals surface area contributed by atoms with Crippen molar-refractivity contribution in [2.75, 3.05) is 12.4 Å². The first-order chi connectivity index (χ1) is 3.89. The van der Waals surface area contributed by atoms with Crippen LogP contribution < -0.4 is 0 Å². The molecule has 0 spiro atoms. The first-order valence-corrected chi connectivity index (χ1v) is 3.97. The van der Waals surface area contributed by atoms with E-state index in [-0.39, 0.29) is 0 Å². The van der Waals surface area contributed by atoms with Gasteiger partial charge in [0.2, 0.25) is 0 Å². The summed E-state index contributed by atoms with van der Waals surface area (Å²) in [5.74, 6) is 0.611. The van der Waals surface area contributed by atoms with Crippen LogP contribution in [-0.4, -0.2) is 16.6 Å². The van der Waals surface area contributed by atoms with E-state index >= 15 is 0 Å². The minimum absolute atomic E-state index is 0.611. The van der Waals surface area contributed by atoms with Gasteiger partial charge in [-0.3, -0.25) is 4.18 Å². The average molecular weight is 133 g/mol. The fourth-order valence-corrected chi connectivity index (χ4v) is 1.37.